The maximum Gasteiger partial charge on any atom is 0.317 e. The van der Waals surface area contributed by atoms with Crippen LogP contribution in [0, 0.1) is 0 Å². The first-order chi connectivity index (χ1) is 7.69. The first kappa shape index (κ1) is 13.3. The minimum Gasteiger partial charge on any atom is -0.336 e. The monoisotopic (exact) mass is 227 g/mol. The topological polar surface area (TPSA) is 35.6 Å². The van der Waals surface area contributed by atoms with Gasteiger partial charge in [0.15, 0.2) is 0 Å². The van der Waals surface area contributed by atoms with Gasteiger partial charge in [0, 0.05) is 25.7 Å². The van der Waals surface area contributed by atoms with Gasteiger partial charge < -0.3 is 10.2 Å². The molecule has 0 aliphatic carbocycles. The Balaban J connectivity index is 2.24. The Morgan fingerprint density at radius 2 is 1.88 bits per heavy atom. The van der Waals surface area contributed by atoms with Crippen LogP contribution in [0.4, 0.5) is 4.79 Å². The minimum absolute atomic E-state index is 0.0658. The van der Waals surface area contributed by atoms with Gasteiger partial charge in [0.2, 0.25) is 0 Å². The van der Waals surface area contributed by atoms with Crippen molar-refractivity contribution in [3.8, 4) is 0 Å². The number of likely N-dealkylation sites (tertiary alicyclic amines) is 1. The van der Waals surface area contributed by atoms with Gasteiger partial charge in [-0.25, -0.2) is 4.79 Å². The van der Waals surface area contributed by atoms with Crippen LogP contribution in [-0.2, 0) is 0 Å². The largest absolute Gasteiger partial charge is 0.336 e. The predicted molar refractivity (Wildman–Crippen MR) is 66.6 cm³/mol. The van der Waals surface area contributed by atoms with Crippen molar-refractivity contribution in [2.24, 2.45) is 0 Å². The van der Waals surface area contributed by atoms with Crippen LogP contribution in [0.15, 0.2) is 0 Å². The van der Waals surface area contributed by atoms with E-state index in [0.717, 1.165) is 19.6 Å². The number of hydrogen-bond acceptors (Lipinski definition) is 2. The molecule has 1 heterocycles. The van der Waals surface area contributed by atoms with Gasteiger partial charge in [-0.2, -0.15) is 0 Å². The molecule has 94 valence electrons. The van der Waals surface area contributed by atoms with Crippen LogP contribution in [0.2, 0.25) is 0 Å². The van der Waals surface area contributed by atoms with Crippen LogP contribution in [0.5, 0.6) is 0 Å². The minimum atomic E-state index is 0.0658. The van der Waals surface area contributed by atoms with Gasteiger partial charge in [-0.15, -0.1) is 0 Å². The number of carbonyl (C=O) groups excluding carboxylic acids is 1. The lowest BCUT2D eigenvalue weighted by Gasteiger charge is -2.26. The maximum atomic E-state index is 11.7. The second-order valence-corrected chi connectivity index (χ2v) is 4.45. The summed E-state index contributed by atoms with van der Waals surface area (Å²) in [5, 5.41) is 3.01. The number of nitrogens with one attached hydrogen (secondary N) is 1. The highest BCUT2D eigenvalue weighted by Gasteiger charge is 2.19. The first-order valence-electron chi connectivity index (χ1n) is 6.45. The second-order valence-electron chi connectivity index (χ2n) is 4.45. The van der Waals surface area contributed by atoms with Crippen molar-refractivity contribution in [2.45, 2.75) is 39.7 Å². The zero-order valence-electron chi connectivity index (χ0n) is 10.8. The fraction of sp³-hybridized carbons (Fsp3) is 0.917. The Morgan fingerprint density at radius 1 is 1.31 bits per heavy atom. The number of amides is 2. The number of hydrogen-bond donors (Lipinski definition) is 1. The molecule has 4 heteroatoms. The van der Waals surface area contributed by atoms with Crippen molar-refractivity contribution in [1.82, 2.24) is 15.1 Å². The molecule has 1 unspecified atom stereocenters. The SMILES string of the molecule is CCN(CC)C(=O)NCC(C)N1CCCC1. The standard InChI is InChI=1S/C12H25N3O/c1-4-14(5-2)12(16)13-10-11(3)15-8-6-7-9-15/h11H,4-10H2,1-3H3,(H,13,16). The van der Waals surface area contributed by atoms with Crippen LogP contribution in [0.1, 0.15) is 33.6 Å². The summed E-state index contributed by atoms with van der Waals surface area (Å²) in [6.45, 7) is 10.9. The highest BCUT2D eigenvalue weighted by Crippen LogP contribution is 2.10. The van der Waals surface area contributed by atoms with Gasteiger partial charge in [-0.3, -0.25) is 4.90 Å². The van der Waals surface area contributed by atoms with Crippen molar-refractivity contribution in [2.75, 3.05) is 32.7 Å². The van der Waals surface area contributed by atoms with E-state index in [0.29, 0.717) is 6.04 Å². The quantitative estimate of drug-likeness (QED) is 0.773. The molecule has 0 radical (unpaired) electrons. The van der Waals surface area contributed by atoms with Crippen LogP contribution >= 0.6 is 0 Å². The summed E-state index contributed by atoms with van der Waals surface area (Å²) in [5.74, 6) is 0. The average molecular weight is 227 g/mol. The molecule has 1 atom stereocenters. The molecule has 0 saturated carbocycles. The zero-order chi connectivity index (χ0) is 12.0. The molecule has 1 rings (SSSR count). The van der Waals surface area contributed by atoms with Crippen molar-refractivity contribution < 1.29 is 4.79 Å². The highest BCUT2D eigenvalue weighted by molar-refractivity contribution is 5.74. The van der Waals surface area contributed by atoms with E-state index in [1.807, 2.05) is 18.7 Å². The third-order valence-electron chi connectivity index (χ3n) is 3.36. The van der Waals surface area contributed by atoms with Crippen LogP contribution in [0.25, 0.3) is 0 Å². The van der Waals surface area contributed by atoms with Crippen molar-refractivity contribution in [3.63, 3.8) is 0 Å². The van der Waals surface area contributed by atoms with E-state index < -0.39 is 0 Å². The molecule has 1 saturated heterocycles. The molecule has 4 nitrogen and oxygen atoms in total. The Hall–Kier alpha value is -0.770. The Bertz CT molecular complexity index is 210. The molecule has 1 aliphatic rings. The number of rotatable bonds is 5. The molecular weight excluding hydrogens is 202 g/mol. The Kier molecular flexibility index (Phi) is 5.60. The maximum absolute atomic E-state index is 11.7. The number of urea groups is 1. The van der Waals surface area contributed by atoms with E-state index in [9.17, 15) is 4.79 Å². The Labute approximate surface area is 99.0 Å². The fourth-order valence-electron chi connectivity index (χ4n) is 2.17. The van der Waals surface area contributed by atoms with Gasteiger partial charge in [-0.05, 0) is 46.7 Å². The molecule has 1 N–H and O–H groups in total. The van der Waals surface area contributed by atoms with E-state index in [1.165, 1.54) is 25.9 Å². The lowest BCUT2D eigenvalue weighted by Crippen LogP contribution is -2.46. The van der Waals surface area contributed by atoms with E-state index in [1.54, 1.807) is 0 Å². The third-order valence-corrected chi connectivity index (χ3v) is 3.36. The summed E-state index contributed by atoms with van der Waals surface area (Å²) in [4.78, 5) is 16.0. The van der Waals surface area contributed by atoms with Crippen LogP contribution in [-0.4, -0.2) is 54.6 Å². The molecule has 16 heavy (non-hydrogen) atoms. The van der Waals surface area contributed by atoms with Gasteiger partial charge in [-0.1, -0.05) is 0 Å². The molecule has 0 spiro atoms. The fourth-order valence-corrected chi connectivity index (χ4v) is 2.17. The summed E-state index contributed by atoms with van der Waals surface area (Å²) >= 11 is 0. The van der Waals surface area contributed by atoms with Gasteiger partial charge in [0.25, 0.3) is 0 Å². The average Bonchev–Trinajstić information content (AvgIpc) is 2.81. The van der Waals surface area contributed by atoms with Crippen molar-refractivity contribution in [3.05, 3.63) is 0 Å². The van der Waals surface area contributed by atoms with Gasteiger partial charge >= 0.3 is 6.03 Å². The number of nitrogens with zero attached hydrogens (tertiary/aromatic N) is 2. The Morgan fingerprint density at radius 3 is 2.38 bits per heavy atom. The molecule has 1 aliphatic heterocycles. The summed E-state index contributed by atoms with van der Waals surface area (Å²) in [6, 6.07) is 0.526. The second kappa shape index (κ2) is 6.74. The lowest BCUT2D eigenvalue weighted by molar-refractivity contribution is 0.195. The molecule has 1 fully saturated rings. The van der Waals surface area contributed by atoms with E-state index in [2.05, 4.69) is 17.1 Å². The lowest BCUT2D eigenvalue weighted by atomic mass is 10.3. The smallest absolute Gasteiger partial charge is 0.317 e. The third kappa shape index (κ3) is 3.67. The van der Waals surface area contributed by atoms with Crippen molar-refractivity contribution >= 4 is 6.03 Å². The molecule has 2 amide bonds. The summed E-state index contributed by atoms with van der Waals surface area (Å²) in [6.07, 6.45) is 2.60. The van der Waals surface area contributed by atoms with E-state index in [-0.39, 0.29) is 6.03 Å². The summed E-state index contributed by atoms with van der Waals surface area (Å²) in [5.41, 5.74) is 0. The molecule has 0 aromatic heterocycles. The molecule has 0 aromatic rings. The number of carbonyl (C=O) groups is 1. The normalized spacial score (nSPS) is 18.4. The molecule has 0 bridgehead atoms. The van der Waals surface area contributed by atoms with Gasteiger partial charge in [0.1, 0.15) is 0 Å². The van der Waals surface area contributed by atoms with Gasteiger partial charge in [0.05, 0.1) is 0 Å². The van der Waals surface area contributed by atoms with E-state index in [4.69, 9.17) is 0 Å². The van der Waals surface area contributed by atoms with Crippen LogP contribution in [0.3, 0.4) is 0 Å². The zero-order valence-corrected chi connectivity index (χ0v) is 10.8. The first-order valence-corrected chi connectivity index (χ1v) is 6.45. The molecular formula is C12H25N3O. The molecule has 0 aromatic carbocycles. The highest BCUT2D eigenvalue weighted by atomic mass is 16.2. The van der Waals surface area contributed by atoms with Crippen LogP contribution < -0.4 is 5.32 Å². The predicted octanol–water partition coefficient (Wildman–Crippen LogP) is 1.52. The van der Waals surface area contributed by atoms with Crippen molar-refractivity contribution in [1.29, 1.82) is 0 Å². The summed E-state index contributed by atoms with van der Waals surface area (Å²) < 4.78 is 0. The van der Waals surface area contributed by atoms with E-state index >= 15 is 0 Å². The summed E-state index contributed by atoms with van der Waals surface area (Å²) in [7, 11) is 0.